The smallest absolute Gasteiger partial charge is 0.219 e. The van der Waals surface area contributed by atoms with Crippen molar-refractivity contribution in [3.8, 4) is 11.3 Å². The molecule has 1 aliphatic rings. The molecule has 3 rings (SSSR count). The highest BCUT2D eigenvalue weighted by Crippen LogP contribution is 2.22. The van der Waals surface area contributed by atoms with E-state index in [4.69, 9.17) is 0 Å². The van der Waals surface area contributed by atoms with Gasteiger partial charge in [-0.15, -0.1) is 0 Å². The summed E-state index contributed by atoms with van der Waals surface area (Å²) in [5.74, 6) is -0.175. The molecular formula is C14H14FN3O. The largest absolute Gasteiger partial charge is 0.335 e. The van der Waals surface area contributed by atoms with Crippen molar-refractivity contribution >= 4 is 5.91 Å². The first-order chi connectivity index (χ1) is 9.13. The number of rotatable bonds is 1. The lowest BCUT2D eigenvalue weighted by Crippen LogP contribution is -2.36. The van der Waals surface area contributed by atoms with Crippen LogP contribution in [0.15, 0.2) is 30.3 Å². The van der Waals surface area contributed by atoms with Gasteiger partial charge in [0.05, 0.1) is 24.5 Å². The zero-order valence-electron chi connectivity index (χ0n) is 10.6. The molecule has 19 heavy (non-hydrogen) atoms. The number of fused-ring (bicyclic) bond motifs is 1. The van der Waals surface area contributed by atoms with Crippen molar-refractivity contribution in [1.29, 1.82) is 0 Å². The molecule has 0 atom stereocenters. The Morgan fingerprint density at radius 1 is 1.26 bits per heavy atom. The van der Waals surface area contributed by atoms with Crippen LogP contribution >= 0.6 is 0 Å². The van der Waals surface area contributed by atoms with E-state index in [1.807, 2.05) is 10.7 Å². The van der Waals surface area contributed by atoms with Gasteiger partial charge in [0.25, 0.3) is 0 Å². The molecule has 0 unspecified atom stereocenters. The van der Waals surface area contributed by atoms with Crippen LogP contribution in [0.25, 0.3) is 11.3 Å². The van der Waals surface area contributed by atoms with Gasteiger partial charge in [-0.25, -0.2) is 4.39 Å². The van der Waals surface area contributed by atoms with Crippen molar-refractivity contribution in [2.45, 2.75) is 20.0 Å². The molecule has 0 saturated heterocycles. The second-order valence-electron chi connectivity index (χ2n) is 4.69. The summed E-state index contributed by atoms with van der Waals surface area (Å²) < 4.78 is 14.8. The predicted octanol–water partition coefficient (Wildman–Crippen LogP) is 2.05. The van der Waals surface area contributed by atoms with Gasteiger partial charge < -0.3 is 4.90 Å². The Balaban J connectivity index is 1.91. The van der Waals surface area contributed by atoms with Gasteiger partial charge in [0.1, 0.15) is 5.82 Å². The van der Waals surface area contributed by atoms with Crippen molar-refractivity contribution in [2.24, 2.45) is 0 Å². The summed E-state index contributed by atoms with van der Waals surface area (Å²) in [5, 5.41) is 4.50. The van der Waals surface area contributed by atoms with Gasteiger partial charge in [0.2, 0.25) is 5.91 Å². The second kappa shape index (κ2) is 4.50. The molecule has 0 bridgehead atoms. The fraction of sp³-hybridized carbons (Fsp3) is 0.286. The van der Waals surface area contributed by atoms with Crippen LogP contribution < -0.4 is 0 Å². The highest BCUT2D eigenvalue weighted by atomic mass is 19.1. The predicted molar refractivity (Wildman–Crippen MR) is 68.7 cm³/mol. The number of benzene rings is 1. The number of nitrogens with zero attached hydrogens (tertiary/aromatic N) is 3. The molecule has 1 amide bonds. The van der Waals surface area contributed by atoms with Crippen LogP contribution in [-0.4, -0.2) is 27.1 Å². The zero-order valence-corrected chi connectivity index (χ0v) is 10.6. The molecule has 0 fully saturated rings. The lowest BCUT2D eigenvalue weighted by molar-refractivity contribution is -0.130. The Kier molecular flexibility index (Phi) is 2.81. The topological polar surface area (TPSA) is 38.1 Å². The summed E-state index contributed by atoms with van der Waals surface area (Å²) in [6.07, 6.45) is 0. The average Bonchev–Trinajstić information content (AvgIpc) is 2.82. The molecule has 2 heterocycles. The molecule has 5 heteroatoms. The average molecular weight is 259 g/mol. The molecule has 2 aromatic rings. The number of halogens is 1. The standard InChI is InChI=1S/C14H14FN3O/c1-10(19)17-6-7-18-13(9-17)8-14(16-18)11-2-4-12(15)5-3-11/h2-5,8H,6-7,9H2,1H3. The molecule has 0 radical (unpaired) electrons. The Labute approximate surface area is 110 Å². The highest BCUT2D eigenvalue weighted by Gasteiger charge is 2.20. The Bertz CT molecular complexity index is 618. The third-order valence-corrected chi connectivity index (χ3v) is 3.38. The lowest BCUT2D eigenvalue weighted by atomic mass is 10.1. The summed E-state index contributed by atoms with van der Waals surface area (Å²) >= 11 is 0. The van der Waals surface area contributed by atoms with Crippen LogP contribution in [0.3, 0.4) is 0 Å². The maximum absolute atomic E-state index is 12.9. The summed E-state index contributed by atoms with van der Waals surface area (Å²) in [7, 11) is 0. The Hall–Kier alpha value is -2.17. The molecule has 98 valence electrons. The van der Waals surface area contributed by atoms with Crippen LogP contribution in [0.1, 0.15) is 12.6 Å². The minimum Gasteiger partial charge on any atom is -0.335 e. The van der Waals surface area contributed by atoms with Gasteiger partial charge in [-0.3, -0.25) is 9.48 Å². The van der Waals surface area contributed by atoms with Gasteiger partial charge in [-0.2, -0.15) is 5.10 Å². The van der Waals surface area contributed by atoms with Crippen molar-refractivity contribution in [2.75, 3.05) is 6.54 Å². The van der Waals surface area contributed by atoms with Crippen LogP contribution in [0.4, 0.5) is 4.39 Å². The first-order valence-corrected chi connectivity index (χ1v) is 6.21. The SMILES string of the molecule is CC(=O)N1CCn2nc(-c3ccc(F)cc3)cc2C1. The fourth-order valence-corrected chi connectivity index (χ4v) is 2.30. The Morgan fingerprint density at radius 3 is 2.68 bits per heavy atom. The molecule has 0 aliphatic carbocycles. The molecule has 0 saturated carbocycles. The van der Waals surface area contributed by atoms with Gasteiger partial charge in [-0.1, -0.05) is 0 Å². The lowest BCUT2D eigenvalue weighted by Gasteiger charge is -2.26. The van der Waals surface area contributed by atoms with Gasteiger partial charge in [0.15, 0.2) is 0 Å². The van der Waals surface area contributed by atoms with E-state index in [0.717, 1.165) is 17.0 Å². The van der Waals surface area contributed by atoms with Crippen LogP contribution in [0.5, 0.6) is 0 Å². The van der Waals surface area contributed by atoms with E-state index in [1.54, 1.807) is 24.0 Å². The molecule has 0 N–H and O–H groups in total. The maximum Gasteiger partial charge on any atom is 0.219 e. The van der Waals surface area contributed by atoms with E-state index in [9.17, 15) is 9.18 Å². The minimum absolute atomic E-state index is 0.0794. The third kappa shape index (κ3) is 2.23. The van der Waals surface area contributed by atoms with Gasteiger partial charge >= 0.3 is 0 Å². The van der Waals surface area contributed by atoms with Crippen molar-refractivity contribution in [3.63, 3.8) is 0 Å². The summed E-state index contributed by atoms with van der Waals surface area (Å²) in [5.41, 5.74) is 2.72. The van der Waals surface area contributed by atoms with Crippen LogP contribution in [0.2, 0.25) is 0 Å². The molecule has 4 nitrogen and oxygen atoms in total. The normalized spacial score (nSPS) is 14.3. The highest BCUT2D eigenvalue weighted by molar-refractivity contribution is 5.73. The van der Waals surface area contributed by atoms with E-state index in [1.165, 1.54) is 12.1 Å². The Morgan fingerprint density at radius 2 is 2.00 bits per heavy atom. The summed E-state index contributed by atoms with van der Waals surface area (Å²) in [4.78, 5) is 13.2. The molecular weight excluding hydrogens is 245 g/mol. The van der Waals surface area contributed by atoms with Crippen molar-refractivity contribution in [3.05, 3.63) is 41.8 Å². The first kappa shape index (κ1) is 11.9. The maximum atomic E-state index is 12.9. The van der Waals surface area contributed by atoms with Crippen LogP contribution in [0, 0.1) is 5.82 Å². The summed E-state index contributed by atoms with van der Waals surface area (Å²) in [6, 6.07) is 8.24. The second-order valence-corrected chi connectivity index (χ2v) is 4.69. The first-order valence-electron chi connectivity index (χ1n) is 6.21. The monoisotopic (exact) mass is 259 g/mol. The number of carbonyl (C=O) groups is 1. The zero-order chi connectivity index (χ0) is 13.4. The molecule has 1 aromatic carbocycles. The number of aromatic nitrogens is 2. The quantitative estimate of drug-likeness (QED) is 0.786. The van der Waals surface area contributed by atoms with Gasteiger partial charge in [-0.05, 0) is 30.3 Å². The number of hydrogen-bond acceptors (Lipinski definition) is 2. The molecule has 1 aliphatic heterocycles. The number of carbonyl (C=O) groups excluding carboxylic acids is 1. The third-order valence-electron chi connectivity index (χ3n) is 3.38. The van der Waals surface area contributed by atoms with E-state index in [0.29, 0.717) is 19.6 Å². The van der Waals surface area contributed by atoms with E-state index < -0.39 is 0 Å². The number of amides is 1. The van der Waals surface area contributed by atoms with Crippen molar-refractivity contribution in [1.82, 2.24) is 14.7 Å². The van der Waals surface area contributed by atoms with Gasteiger partial charge in [0, 0.05) is 19.0 Å². The van der Waals surface area contributed by atoms with E-state index >= 15 is 0 Å². The van der Waals surface area contributed by atoms with E-state index in [-0.39, 0.29) is 11.7 Å². The number of hydrogen-bond donors (Lipinski definition) is 0. The molecule has 0 spiro atoms. The fourth-order valence-electron chi connectivity index (χ4n) is 2.30. The summed E-state index contributed by atoms with van der Waals surface area (Å²) in [6.45, 7) is 3.55. The molecule has 1 aromatic heterocycles. The minimum atomic E-state index is -0.254. The van der Waals surface area contributed by atoms with Crippen LogP contribution in [-0.2, 0) is 17.9 Å². The van der Waals surface area contributed by atoms with Crippen molar-refractivity contribution < 1.29 is 9.18 Å². The van der Waals surface area contributed by atoms with E-state index in [2.05, 4.69) is 5.10 Å².